The van der Waals surface area contributed by atoms with Crippen LogP contribution in [0.1, 0.15) is 66.7 Å². The van der Waals surface area contributed by atoms with Crippen molar-refractivity contribution in [3.63, 3.8) is 0 Å². The first kappa shape index (κ1) is 15.9. The summed E-state index contributed by atoms with van der Waals surface area (Å²) in [5.41, 5.74) is 0.0541. The summed E-state index contributed by atoms with van der Waals surface area (Å²) in [6, 6.07) is 0.674. The Hall–Kier alpha value is -0.0800. The van der Waals surface area contributed by atoms with Gasteiger partial charge in [-0.2, -0.15) is 0 Å². The van der Waals surface area contributed by atoms with Crippen LogP contribution in [0.2, 0.25) is 0 Å². The van der Waals surface area contributed by atoms with E-state index in [1.165, 1.54) is 25.7 Å². The van der Waals surface area contributed by atoms with Gasteiger partial charge in [0, 0.05) is 12.6 Å². The Morgan fingerprint density at radius 2 is 1.88 bits per heavy atom. The van der Waals surface area contributed by atoms with Crippen LogP contribution in [-0.4, -0.2) is 24.8 Å². The smallest absolute Gasteiger partial charge is 0.0623 e. The van der Waals surface area contributed by atoms with E-state index in [-0.39, 0.29) is 5.60 Å². The highest BCUT2D eigenvalue weighted by Crippen LogP contribution is 2.14. The molecule has 0 heterocycles. The largest absolute Gasteiger partial charge is 0.376 e. The van der Waals surface area contributed by atoms with E-state index in [0.29, 0.717) is 6.04 Å². The molecule has 0 saturated heterocycles. The molecule has 0 bridgehead atoms. The summed E-state index contributed by atoms with van der Waals surface area (Å²) in [6.07, 6.45) is 5.92. The van der Waals surface area contributed by atoms with Crippen molar-refractivity contribution >= 4 is 0 Å². The molecule has 0 aliphatic rings. The van der Waals surface area contributed by atoms with E-state index in [4.69, 9.17) is 4.74 Å². The molecule has 0 aromatic heterocycles. The van der Waals surface area contributed by atoms with Crippen molar-refractivity contribution < 1.29 is 4.74 Å². The summed E-state index contributed by atoms with van der Waals surface area (Å²) in [5, 5.41) is 3.58. The Morgan fingerprint density at radius 3 is 2.38 bits per heavy atom. The highest BCUT2D eigenvalue weighted by molar-refractivity contribution is 4.67. The fourth-order valence-electron chi connectivity index (χ4n) is 1.58. The first-order chi connectivity index (χ1) is 7.55. The van der Waals surface area contributed by atoms with E-state index in [9.17, 15) is 0 Å². The summed E-state index contributed by atoms with van der Waals surface area (Å²) in [4.78, 5) is 0. The van der Waals surface area contributed by atoms with Crippen molar-refractivity contribution in [2.45, 2.75) is 78.4 Å². The normalized spacial score (nSPS) is 14.1. The van der Waals surface area contributed by atoms with E-state index in [2.05, 4.69) is 39.9 Å². The minimum absolute atomic E-state index is 0.0541. The number of nitrogens with one attached hydrogen (secondary N) is 1. The number of hydrogen-bond acceptors (Lipinski definition) is 2. The van der Waals surface area contributed by atoms with E-state index in [1.54, 1.807) is 0 Å². The summed E-state index contributed by atoms with van der Waals surface area (Å²) in [5.74, 6) is 0. The quantitative estimate of drug-likeness (QED) is 0.576. The van der Waals surface area contributed by atoms with Gasteiger partial charge in [0.1, 0.15) is 0 Å². The lowest BCUT2D eigenvalue weighted by atomic mass is 10.1. The molecule has 2 heteroatoms. The zero-order valence-electron chi connectivity index (χ0n) is 11.9. The third-order valence-corrected chi connectivity index (χ3v) is 3.22. The second-order valence-corrected chi connectivity index (χ2v) is 5.16. The van der Waals surface area contributed by atoms with Gasteiger partial charge in [0.05, 0.1) is 5.60 Å². The molecule has 0 saturated carbocycles. The third-order valence-electron chi connectivity index (χ3n) is 3.22. The molecule has 1 N–H and O–H groups in total. The van der Waals surface area contributed by atoms with Crippen LogP contribution in [0.5, 0.6) is 0 Å². The van der Waals surface area contributed by atoms with Crippen molar-refractivity contribution in [2.75, 3.05) is 13.2 Å². The lowest BCUT2D eigenvalue weighted by molar-refractivity contribution is -0.0222. The topological polar surface area (TPSA) is 21.3 Å². The molecule has 0 aromatic rings. The minimum atomic E-state index is 0.0541. The molecular weight excluding hydrogens is 198 g/mol. The Balaban J connectivity index is 3.55. The second kappa shape index (κ2) is 9.00. The van der Waals surface area contributed by atoms with Crippen LogP contribution >= 0.6 is 0 Å². The lowest BCUT2D eigenvalue weighted by Crippen LogP contribution is -2.30. The maximum absolute atomic E-state index is 5.85. The SMILES string of the molecule is CCCNC(CC)CCCOC(C)(C)CC. The molecule has 1 unspecified atom stereocenters. The highest BCUT2D eigenvalue weighted by Gasteiger charge is 2.14. The predicted octanol–water partition coefficient (Wildman–Crippen LogP) is 3.75. The fraction of sp³-hybridized carbons (Fsp3) is 1.00. The van der Waals surface area contributed by atoms with E-state index < -0.39 is 0 Å². The van der Waals surface area contributed by atoms with Crippen LogP contribution in [0.4, 0.5) is 0 Å². The number of rotatable bonds is 10. The van der Waals surface area contributed by atoms with Crippen LogP contribution in [-0.2, 0) is 4.74 Å². The third kappa shape index (κ3) is 8.12. The molecule has 98 valence electrons. The molecule has 0 aliphatic heterocycles. The van der Waals surface area contributed by atoms with E-state index in [0.717, 1.165) is 19.6 Å². The van der Waals surface area contributed by atoms with Gasteiger partial charge in [-0.05, 0) is 52.5 Å². The fourth-order valence-corrected chi connectivity index (χ4v) is 1.58. The van der Waals surface area contributed by atoms with Crippen molar-refractivity contribution in [3.05, 3.63) is 0 Å². The lowest BCUT2D eigenvalue weighted by Gasteiger charge is -2.24. The van der Waals surface area contributed by atoms with Crippen LogP contribution in [0.3, 0.4) is 0 Å². The van der Waals surface area contributed by atoms with Gasteiger partial charge < -0.3 is 10.1 Å². The van der Waals surface area contributed by atoms with Gasteiger partial charge in [-0.15, -0.1) is 0 Å². The molecule has 0 rings (SSSR count). The molecule has 0 radical (unpaired) electrons. The molecule has 1 atom stereocenters. The van der Waals surface area contributed by atoms with Crippen molar-refractivity contribution in [1.29, 1.82) is 0 Å². The summed E-state index contributed by atoms with van der Waals surface area (Å²) < 4.78 is 5.85. The average Bonchev–Trinajstić information content (AvgIpc) is 2.28. The van der Waals surface area contributed by atoms with Crippen molar-refractivity contribution in [3.8, 4) is 0 Å². The van der Waals surface area contributed by atoms with Crippen LogP contribution < -0.4 is 5.32 Å². The Morgan fingerprint density at radius 1 is 1.19 bits per heavy atom. The van der Waals surface area contributed by atoms with Gasteiger partial charge in [0.15, 0.2) is 0 Å². The van der Waals surface area contributed by atoms with Gasteiger partial charge in [-0.3, -0.25) is 0 Å². The van der Waals surface area contributed by atoms with Crippen LogP contribution in [0.15, 0.2) is 0 Å². The van der Waals surface area contributed by atoms with Crippen molar-refractivity contribution in [1.82, 2.24) is 5.32 Å². The molecule has 0 spiro atoms. The zero-order chi connectivity index (χ0) is 12.4. The molecule has 16 heavy (non-hydrogen) atoms. The number of hydrogen-bond donors (Lipinski definition) is 1. The first-order valence-electron chi connectivity index (χ1n) is 6.93. The van der Waals surface area contributed by atoms with E-state index >= 15 is 0 Å². The Bertz CT molecular complexity index is 157. The van der Waals surface area contributed by atoms with Crippen molar-refractivity contribution in [2.24, 2.45) is 0 Å². The second-order valence-electron chi connectivity index (χ2n) is 5.16. The first-order valence-corrected chi connectivity index (χ1v) is 6.93. The summed E-state index contributed by atoms with van der Waals surface area (Å²) >= 11 is 0. The molecule has 0 aliphatic carbocycles. The minimum Gasteiger partial charge on any atom is -0.376 e. The molecular formula is C14H31NO. The van der Waals surface area contributed by atoms with Gasteiger partial charge in [-0.1, -0.05) is 20.8 Å². The van der Waals surface area contributed by atoms with Gasteiger partial charge >= 0.3 is 0 Å². The number of ether oxygens (including phenoxy) is 1. The summed E-state index contributed by atoms with van der Waals surface area (Å²) in [6.45, 7) is 13.0. The predicted molar refractivity (Wildman–Crippen MR) is 71.9 cm³/mol. The molecule has 2 nitrogen and oxygen atoms in total. The standard InChI is InChI=1S/C14H31NO/c1-6-11-15-13(7-2)10-9-12-16-14(4,5)8-3/h13,15H,6-12H2,1-5H3. The maximum Gasteiger partial charge on any atom is 0.0623 e. The van der Waals surface area contributed by atoms with Crippen LogP contribution in [0.25, 0.3) is 0 Å². The molecule has 0 amide bonds. The maximum atomic E-state index is 5.85. The Kier molecular flexibility index (Phi) is 8.96. The molecule has 0 fully saturated rings. The van der Waals surface area contributed by atoms with Gasteiger partial charge in [0.25, 0.3) is 0 Å². The monoisotopic (exact) mass is 229 g/mol. The summed E-state index contributed by atoms with van der Waals surface area (Å²) in [7, 11) is 0. The molecule has 0 aromatic carbocycles. The Labute approximate surface area is 102 Å². The van der Waals surface area contributed by atoms with Crippen LogP contribution in [0, 0.1) is 0 Å². The zero-order valence-corrected chi connectivity index (χ0v) is 11.9. The average molecular weight is 229 g/mol. The van der Waals surface area contributed by atoms with Gasteiger partial charge in [-0.25, -0.2) is 0 Å². The van der Waals surface area contributed by atoms with E-state index in [1.807, 2.05) is 0 Å². The van der Waals surface area contributed by atoms with Gasteiger partial charge in [0.2, 0.25) is 0 Å². The highest BCUT2D eigenvalue weighted by atomic mass is 16.5.